The van der Waals surface area contributed by atoms with E-state index in [4.69, 9.17) is 14.2 Å². The van der Waals surface area contributed by atoms with Gasteiger partial charge in [-0.3, -0.25) is 14.5 Å². The molecule has 0 bridgehead atoms. The number of benzene rings is 2. The molecule has 0 spiro atoms. The summed E-state index contributed by atoms with van der Waals surface area (Å²) in [5.41, 5.74) is 0.950. The molecule has 0 radical (unpaired) electrons. The van der Waals surface area contributed by atoms with Crippen LogP contribution in [-0.2, 0) is 20.9 Å². The number of ether oxygens (including phenoxy) is 3. The van der Waals surface area contributed by atoms with Crippen molar-refractivity contribution in [2.45, 2.75) is 26.5 Å². The summed E-state index contributed by atoms with van der Waals surface area (Å²) in [6, 6.07) is 8.57. The molecule has 33 heavy (non-hydrogen) atoms. The van der Waals surface area contributed by atoms with E-state index in [1.54, 1.807) is 37.3 Å². The van der Waals surface area contributed by atoms with Crippen LogP contribution < -0.4 is 9.47 Å². The van der Waals surface area contributed by atoms with Crippen LogP contribution in [0.1, 0.15) is 25.0 Å². The molecule has 7 nitrogen and oxygen atoms in total. The molecule has 0 saturated carbocycles. The lowest BCUT2D eigenvalue weighted by Gasteiger charge is -2.19. The molecular formula is C23H21BrFNO6S. The van der Waals surface area contributed by atoms with Crippen LogP contribution in [0.5, 0.6) is 11.5 Å². The van der Waals surface area contributed by atoms with Crippen LogP contribution in [-0.4, -0.2) is 41.8 Å². The fourth-order valence-corrected chi connectivity index (χ4v) is 4.54. The highest BCUT2D eigenvalue weighted by molar-refractivity contribution is 9.10. The number of thioether (sulfide) groups is 1. The molecule has 2 amide bonds. The normalized spacial score (nSPS) is 15.7. The van der Waals surface area contributed by atoms with Gasteiger partial charge in [-0.2, -0.15) is 0 Å². The number of hydrogen-bond donors (Lipinski definition) is 0. The van der Waals surface area contributed by atoms with Gasteiger partial charge in [-0.05, 0) is 71.4 Å². The van der Waals surface area contributed by atoms with Gasteiger partial charge in [0.25, 0.3) is 11.1 Å². The third-order valence-corrected chi connectivity index (χ3v) is 6.19. The average molecular weight is 538 g/mol. The average Bonchev–Trinajstić information content (AvgIpc) is 3.06. The summed E-state index contributed by atoms with van der Waals surface area (Å²) >= 11 is 4.16. The number of carbonyl (C=O) groups excluding carboxylic acids is 3. The van der Waals surface area contributed by atoms with Gasteiger partial charge in [0, 0.05) is 5.56 Å². The first-order valence-corrected chi connectivity index (χ1v) is 11.5. The van der Waals surface area contributed by atoms with Crippen molar-refractivity contribution in [2.24, 2.45) is 0 Å². The molecule has 0 aliphatic carbocycles. The van der Waals surface area contributed by atoms with Crippen molar-refractivity contribution in [1.29, 1.82) is 0 Å². The van der Waals surface area contributed by atoms with E-state index < -0.39 is 23.2 Å². The largest absolute Gasteiger partial charge is 0.493 e. The number of methoxy groups -OCH3 is 1. The zero-order valence-corrected chi connectivity index (χ0v) is 20.5. The highest BCUT2D eigenvalue weighted by Gasteiger charge is 2.41. The van der Waals surface area contributed by atoms with Crippen molar-refractivity contribution in [3.8, 4) is 11.5 Å². The number of carbonyl (C=O) groups is 3. The second kappa shape index (κ2) is 10.8. The van der Waals surface area contributed by atoms with Gasteiger partial charge in [0.15, 0.2) is 11.5 Å². The van der Waals surface area contributed by atoms with Gasteiger partial charge in [-0.25, -0.2) is 9.18 Å². The maximum Gasteiger partial charge on any atom is 0.329 e. The maximum atomic E-state index is 13.9. The Morgan fingerprint density at radius 2 is 2.00 bits per heavy atom. The molecule has 2 aromatic carbocycles. The van der Waals surface area contributed by atoms with Gasteiger partial charge in [0.05, 0.1) is 23.1 Å². The zero-order valence-electron chi connectivity index (χ0n) is 18.1. The summed E-state index contributed by atoms with van der Waals surface area (Å²) in [7, 11) is 1.45. The Hall–Kier alpha value is -2.85. The summed E-state index contributed by atoms with van der Waals surface area (Å²) in [4.78, 5) is 38.2. The van der Waals surface area contributed by atoms with Crippen LogP contribution >= 0.6 is 27.7 Å². The minimum absolute atomic E-state index is 0.00832. The molecule has 3 rings (SSSR count). The smallest absolute Gasteiger partial charge is 0.329 e. The third-order valence-electron chi connectivity index (χ3n) is 4.72. The molecule has 174 valence electrons. The molecule has 0 aromatic heterocycles. The predicted octanol–water partition coefficient (Wildman–Crippen LogP) is 5.16. The first-order valence-electron chi connectivity index (χ1n) is 9.94. The number of halogens is 2. The van der Waals surface area contributed by atoms with E-state index in [1.807, 2.05) is 0 Å². The van der Waals surface area contributed by atoms with Crippen molar-refractivity contribution < 1.29 is 33.0 Å². The van der Waals surface area contributed by atoms with Gasteiger partial charge in [0.1, 0.15) is 18.5 Å². The van der Waals surface area contributed by atoms with Crippen molar-refractivity contribution in [3.05, 3.63) is 62.7 Å². The molecule has 1 saturated heterocycles. The Kier molecular flexibility index (Phi) is 8.15. The van der Waals surface area contributed by atoms with Crippen LogP contribution in [0.2, 0.25) is 0 Å². The van der Waals surface area contributed by atoms with Crippen LogP contribution in [0.3, 0.4) is 0 Å². The summed E-state index contributed by atoms with van der Waals surface area (Å²) in [5, 5.41) is -0.553. The zero-order chi connectivity index (χ0) is 24.1. The summed E-state index contributed by atoms with van der Waals surface area (Å²) < 4.78 is 30.5. The van der Waals surface area contributed by atoms with Gasteiger partial charge >= 0.3 is 5.97 Å². The van der Waals surface area contributed by atoms with Crippen LogP contribution in [0.4, 0.5) is 9.18 Å². The minimum Gasteiger partial charge on any atom is -0.493 e. The van der Waals surface area contributed by atoms with E-state index in [2.05, 4.69) is 15.9 Å². The molecule has 1 heterocycles. The first-order chi connectivity index (χ1) is 15.8. The van der Waals surface area contributed by atoms with E-state index in [0.29, 0.717) is 27.1 Å². The monoisotopic (exact) mass is 537 g/mol. The van der Waals surface area contributed by atoms with E-state index in [-0.39, 0.29) is 23.9 Å². The van der Waals surface area contributed by atoms with Crippen LogP contribution in [0.25, 0.3) is 6.08 Å². The van der Waals surface area contributed by atoms with Gasteiger partial charge in [-0.15, -0.1) is 0 Å². The van der Waals surface area contributed by atoms with Crippen molar-refractivity contribution >= 4 is 50.9 Å². The predicted molar refractivity (Wildman–Crippen MR) is 125 cm³/mol. The Labute approximate surface area is 203 Å². The van der Waals surface area contributed by atoms with Gasteiger partial charge in [-0.1, -0.05) is 18.2 Å². The summed E-state index contributed by atoms with van der Waals surface area (Å²) in [6.45, 7) is 3.23. The summed E-state index contributed by atoms with van der Waals surface area (Å²) in [5.74, 6) is -0.896. The highest BCUT2D eigenvalue weighted by Crippen LogP contribution is 2.40. The SMILES string of the molecule is CCOC(=O)[C@H](C)N1C(=O)S/C(=C/c2cc(Br)c(OCc3ccccc3F)c(OC)c2)C1=O. The van der Waals surface area contributed by atoms with Gasteiger partial charge in [0.2, 0.25) is 0 Å². The summed E-state index contributed by atoms with van der Waals surface area (Å²) in [6.07, 6.45) is 1.52. The number of hydrogen-bond acceptors (Lipinski definition) is 7. The minimum atomic E-state index is -1.03. The molecule has 1 aliphatic heterocycles. The highest BCUT2D eigenvalue weighted by atomic mass is 79.9. The molecule has 1 fully saturated rings. The van der Waals surface area contributed by atoms with Crippen LogP contribution in [0, 0.1) is 5.82 Å². The molecule has 0 N–H and O–H groups in total. The molecule has 1 atom stereocenters. The van der Waals surface area contributed by atoms with Crippen molar-refractivity contribution in [3.63, 3.8) is 0 Å². The van der Waals surface area contributed by atoms with Crippen molar-refractivity contribution in [2.75, 3.05) is 13.7 Å². The second-order valence-corrected chi connectivity index (χ2v) is 8.74. The van der Waals surface area contributed by atoms with Gasteiger partial charge < -0.3 is 14.2 Å². The quantitative estimate of drug-likeness (QED) is 0.339. The van der Waals surface area contributed by atoms with Crippen LogP contribution in [0.15, 0.2) is 45.8 Å². The molecule has 2 aromatic rings. The van der Waals surface area contributed by atoms with E-state index in [0.717, 1.165) is 16.7 Å². The lowest BCUT2D eigenvalue weighted by molar-refractivity contribution is -0.150. The maximum absolute atomic E-state index is 13.9. The molecule has 10 heteroatoms. The topological polar surface area (TPSA) is 82.1 Å². The number of rotatable bonds is 8. The standard InChI is InChI=1S/C23H21BrFNO6S/c1-4-31-22(28)13(2)26-21(27)19(33-23(26)29)11-14-9-16(24)20(18(10-14)30-3)32-12-15-7-5-6-8-17(15)25/h5-11,13H,4,12H2,1-3H3/b19-11+/t13-/m0/s1. The number of nitrogens with zero attached hydrogens (tertiary/aromatic N) is 1. The lowest BCUT2D eigenvalue weighted by Crippen LogP contribution is -2.42. The number of esters is 1. The molecular weight excluding hydrogens is 517 g/mol. The van der Waals surface area contributed by atoms with Crippen molar-refractivity contribution in [1.82, 2.24) is 4.90 Å². The lowest BCUT2D eigenvalue weighted by atomic mass is 10.1. The number of imide groups is 1. The number of amides is 2. The van der Waals surface area contributed by atoms with E-state index >= 15 is 0 Å². The third kappa shape index (κ3) is 5.56. The Balaban J connectivity index is 1.83. The Morgan fingerprint density at radius 3 is 2.67 bits per heavy atom. The Bertz CT molecular complexity index is 1120. The van der Waals surface area contributed by atoms with E-state index in [1.165, 1.54) is 26.2 Å². The molecule has 1 aliphatic rings. The second-order valence-electron chi connectivity index (χ2n) is 6.89. The van der Waals surface area contributed by atoms with E-state index in [9.17, 15) is 18.8 Å². The molecule has 0 unspecified atom stereocenters. The Morgan fingerprint density at radius 1 is 1.27 bits per heavy atom. The first kappa shape index (κ1) is 24.8. The fourth-order valence-electron chi connectivity index (χ4n) is 3.06. The fraction of sp³-hybridized carbons (Fsp3) is 0.261.